The number of fused-ring (bicyclic) bond motifs is 2. The molecule has 0 radical (unpaired) electrons. The number of nitrogens with one attached hydrogen (secondary N) is 1. The van der Waals surface area contributed by atoms with Crippen LogP contribution in [0.2, 0.25) is 0 Å². The Balaban J connectivity index is 1.32. The van der Waals surface area contributed by atoms with E-state index in [1.54, 1.807) is 16.8 Å². The lowest BCUT2D eigenvalue weighted by Gasteiger charge is -2.29. The molecule has 0 bridgehead atoms. The molecule has 4 aromatic rings. The van der Waals surface area contributed by atoms with Gasteiger partial charge in [0.15, 0.2) is 5.58 Å². The Morgan fingerprint density at radius 2 is 1.91 bits per heavy atom. The van der Waals surface area contributed by atoms with Gasteiger partial charge in [0.1, 0.15) is 22.8 Å². The monoisotopic (exact) mass is 469 g/mol. The molecule has 3 aromatic heterocycles. The highest BCUT2D eigenvalue weighted by atomic mass is 16.4. The van der Waals surface area contributed by atoms with Crippen LogP contribution in [0.1, 0.15) is 61.6 Å². The van der Waals surface area contributed by atoms with Crippen molar-refractivity contribution in [3.63, 3.8) is 0 Å². The summed E-state index contributed by atoms with van der Waals surface area (Å²) < 4.78 is 7.59. The Morgan fingerprint density at radius 1 is 1.11 bits per heavy atom. The molecule has 0 amide bonds. The summed E-state index contributed by atoms with van der Waals surface area (Å²) in [5, 5.41) is 13.2. The maximum absolute atomic E-state index is 13.0. The third-order valence-electron chi connectivity index (χ3n) is 7.40. The summed E-state index contributed by atoms with van der Waals surface area (Å²) in [7, 11) is 2.17. The van der Waals surface area contributed by atoms with Gasteiger partial charge >= 0.3 is 6.01 Å². The molecule has 0 atom stereocenters. The smallest absolute Gasteiger partial charge is 0.302 e. The second kappa shape index (κ2) is 8.78. The number of nitrogens with zero attached hydrogens (tertiary/aromatic N) is 6. The quantitative estimate of drug-likeness (QED) is 0.466. The van der Waals surface area contributed by atoms with Crippen molar-refractivity contribution >= 4 is 34.1 Å². The number of rotatable bonds is 4. The highest BCUT2D eigenvalue weighted by Gasteiger charge is 2.23. The van der Waals surface area contributed by atoms with Crippen molar-refractivity contribution in [2.45, 2.75) is 50.5 Å². The minimum absolute atomic E-state index is 0.0448. The van der Waals surface area contributed by atoms with Gasteiger partial charge in [-0.2, -0.15) is 15.2 Å². The van der Waals surface area contributed by atoms with E-state index in [2.05, 4.69) is 44.3 Å². The number of hydrogen-bond donors (Lipinski definition) is 1. The van der Waals surface area contributed by atoms with E-state index >= 15 is 0 Å². The zero-order valence-corrected chi connectivity index (χ0v) is 19.7. The van der Waals surface area contributed by atoms with Gasteiger partial charge in [-0.05, 0) is 75.5 Å². The van der Waals surface area contributed by atoms with Crippen LogP contribution in [0.15, 0.2) is 39.7 Å². The molecule has 1 N–H and O–H groups in total. The summed E-state index contributed by atoms with van der Waals surface area (Å²) in [5.41, 5.74) is 3.14. The molecule has 0 unspecified atom stereocenters. The van der Waals surface area contributed by atoms with Gasteiger partial charge in [0.25, 0.3) is 5.56 Å². The third kappa shape index (κ3) is 4.04. The van der Waals surface area contributed by atoms with Gasteiger partial charge in [-0.3, -0.25) is 14.7 Å². The predicted octanol–water partition coefficient (Wildman–Crippen LogP) is 4.47. The van der Waals surface area contributed by atoms with Crippen molar-refractivity contribution in [3.05, 3.63) is 51.9 Å². The first kappa shape index (κ1) is 21.7. The van der Waals surface area contributed by atoms with Gasteiger partial charge in [0, 0.05) is 17.6 Å². The van der Waals surface area contributed by atoms with Crippen LogP contribution in [-0.2, 0) is 0 Å². The Bertz CT molecular complexity index is 1500. The van der Waals surface area contributed by atoms with Crippen LogP contribution < -0.4 is 10.9 Å². The number of benzene rings is 1. The number of piperidine rings is 1. The van der Waals surface area contributed by atoms with Crippen molar-refractivity contribution < 1.29 is 4.42 Å². The lowest BCUT2D eigenvalue weighted by molar-refractivity contribution is 0.255. The van der Waals surface area contributed by atoms with E-state index in [0.29, 0.717) is 34.5 Å². The summed E-state index contributed by atoms with van der Waals surface area (Å²) in [6, 6.07) is 10.2. The molecule has 2 aliphatic rings. The number of aromatic nitrogens is 4. The summed E-state index contributed by atoms with van der Waals surface area (Å²) >= 11 is 0. The molecule has 35 heavy (non-hydrogen) atoms. The molecule has 178 valence electrons. The summed E-state index contributed by atoms with van der Waals surface area (Å²) in [5.74, 6) is 0.841. The molecule has 4 heterocycles. The van der Waals surface area contributed by atoms with E-state index in [0.717, 1.165) is 57.1 Å². The van der Waals surface area contributed by atoms with E-state index in [4.69, 9.17) is 4.42 Å². The Labute approximate surface area is 202 Å². The predicted molar refractivity (Wildman–Crippen MR) is 133 cm³/mol. The van der Waals surface area contributed by atoms with Crippen molar-refractivity contribution in [2.75, 3.05) is 25.5 Å². The van der Waals surface area contributed by atoms with E-state index < -0.39 is 0 Å². The van der Waals surface area contributed by atoms with Crippen LogP contribution in [0.3, 0.4) is 0 Å². The van der Waals surface area contributed by atoms with Crippen molar-refractivity contribution in [3.8, 4) is 6.07 Å². The Hall–Kier alpha value is -3.77. The average Bonchev–Trinajstić information content (AvgIpc) is 3.53. The summed E-state index contributed by atoms with van der Waals surface area (Å²) in [4.78, 5) is 29.0. The maximum Gasteiger partial charge on any atom is 0.302 e. The molecule has 9 nitrogen and oxygen atoms in total. The number of likely N-dealkylation sites (tertiary alicyclic amines) is 1. The SMILES string of the molecule is CN1CCC(c2ccc3oc(Nc4ncc5cc(C#N)c(=O)n(C6CCCC6)c5n4)nc3c2)CC1. The number of hydrogen-bond acceptors (Lipinski definition) is 8. The first-order valence-corrected chi connectivity index (χ1v) is 12.3. The van der Waals surface area contributed by atoms with Gasteiger partial charge in [0.2, 0.25) is 5.95 Å². The fourth-order valence-corrected chi connectivity index (χ4v) is 5.45. The fraction of sp³-hybridized carbons (Fsp3) is 0.423. The minimum Gasteiger partial charge on any atom is -0.423 e. The normalized spacial score (nSPS) is 17.8. The van der Waals surface area contributed by atoms with Gasteiger partial charge in [-0.25, -0.2) is 4.98 Å². The second-order valence-electron chi connectivity index (χ2n) is 9.70. The highest BCUT2D eigenvalue weighted by Crippen LogP contribution is 2.32. The van der Waals surface area contributed by atoms with E-state index in [-0.39, 0.29) is 17.2 Å². The molecule has 0 spiro atoms. The van der Waals surface area contributed by atoms with Crippen LogP contribution in [0.4, 0.5) is 12.0 Å². The van der Waals surface area contributed by atoms with Gasteiger partial charge in [0.05, 0.1) is 0 Å². The molecule has 2 fully saturated rings. The summed E-state index contributed by atoms with van der Waals surface area (Å²) in [6.07, 6.45) is 7.86. The first-order chi connectivity index (χ1) is 17.1. The molecule has 9 heteroatoms. The van der Waals surface area contributed by atoms with Crippen LogP contribution in [0.5, 0.6) is 0 Å². The molecule has 1 aliphatic carbocycles. The molecule has 1 saturated carbocycles. The molecular weight excluding hydrogens is 442 g/mol. The van der Waals surface area contributed by atoms with E-state index in [1.165, 1.54) is 5.56 Å². The maximum atomic E-state index is 13.0. The van der Waals surface area contributed by atoms with Crippen molar-refractivity contribution in [2.24, 2.45) is 0 Å². The van der Waals surface area contributed by atoms with Crippen LogP contribution >= 0.6 is 0 Å². The van der Waals surface area contributed by atoms with Gasteiger partial charge in [-0.15, -0.1) is 0 Å². The van der Waals surface area contributed by atoms with E-state index in [1.807, 2.05) is 12.1 Å². The Kier molecular flexibility index (Phi) is 5.46. The van der Waals surface area contributed by atoms with Crippen LogP contribution in [0.25, 0.3) is 22.1 Å². The lowest BCUT2D eigenvalue weighted by Crippen LogP contribution is -2.29. The fourth-order valence-electron chi connectivity index (χ4n) is 5.45. The van der Waals surface area contributed by atoms with Gasteiger partial charge < -0.3 is 9.32 Å². The van der Waals surface area contributed by atoms with E-state index in [9.17, 15) is 10.1 Å². The standard InChI is InChI=1S/C26H27N7O2/c1-32-10-8-16(9-11-32)17-6-7-22-21(13-17)29-26(35-22)31-25-28-15-19-12-18(14-27)24(34)33(23(19)30-25)20-4-2-3-5-20/h6-7,12-13,15-16,20H,2-5,8-11H2,1H3,(H,28,29,30,31). The minimum atomic E-state index is -0.292. The Morgan fingerprint density at radius 3 is 2.69 bits per heavy atom. The van der Waals surface area contributed by atoms with Gasteiger partial charge in [-0.1, -0.05) is 18.9 Å². The van der Waals surface area contributed by atoms with Crippen molar-refractivity contribution in [1.82, 2.24) is 24.4 Å². The molecule has 1 aliphatic heterocycles. The third-order valence-corrected chi connectivity index (χ3v) is 7.40. The number of nitriles is 1. The lowest BCUT2D eigenvalue weighted by atomic mass is 9.89. The largest absolute Gasteiger partial charge is 0.423 e. The zero-order chi connectivity index (χ0) is 23.9. The van der Waals surface area contributed by atoms with Crippen LogP contribution in [-0.4, -0.2) is 44.6 Å². The first-order valence-electron chi connectivity index (χ1n) is 12.3. The molecule has 6 rings (SSSR count). The number of pyridine rings is 1. The molecular formula is C26H27N7O2. The number of oxazole rings is 1. The topological polar surface area (TPSA) is 113 Å². The van der Waals surface area contributed by atoms with Crippen molar-refractivity contribution in [1.29, 1.82) is 5.26 Å². The van der Waals surface area contributed by atoms with Crippen LogP contribution in [0, 0.1) is 11.3 Å². The number of anilines is 2. The summed E-state index contributed by atoms with van der Waals surface area (Å²) in [6.45, 7) is 2.21. The highest BCUT2D eigenvalue weighted by molar-refractivity contribution is 5.78. The second-order valence-corrected chi connectivity index (χ2v) is 9.70. The molecule has 1 aromatic carbocycles. The molecule has 1 saturated heterocycles. The zero-order valence-electron chi connectivity index (χ0n) is 19.7. The average molecular weight is 470 g/mol.